The van der Waals surface area contributed by atoms with Crippen molar-refractivity contribution in [3.63, 3.8) is 0 Å². The van der Waals surface area contributed by atoms with E-state index in [2.05, 4.69) is 34.2 Å². The molecular formula is C23H23ClN6O2S. The number of nitrogens with one attached hydrogen (secondary N) is 1. The summed E-state index contributed by atoms with van der Waals surface area (Å²) in [4.78, 5) is 34.5. The first-order valence-corrected chi connectivity index (χ1v) is 11.9. The van der Waals surface area contributed by atoms with Crippen LogP contribution in [0.4, 0.5) is 5.69 Å². The van der Waals surface area contributed by atoms with Crippen molar-refractivity contribution in [1.29, 1.82) is 0 Å². The summed E-state index contributed by atoms with van der Waals surface area (Å²) in [6.45, 7) is 4.76. The SMILES string of the molecule is CC(C)CCn1c(SCC(=O)Nc2cc(Cl)ccc2-n2cncn2)nc2ccccc2c1=O. The van der Waals surface area contributed by atoms with Crippen LogP contribution in [0, 0.1) is 5.92 Å². The zero-order valence-electron chi connectivity index (χ0n) is 18.2. The van der Waals surface area contributed by atoms with Gasteiger partial charge in [-0.1, -0.05) is 49.3 Å². The van der Waals surface area contributed by atoms with E-state index in [0.29, 0.717) is 44.9 Å². The van der Waals surface area contributed by atoms with E-state index < -0.39 is 0 Å². The lowest BCUT2D eigenvalue weighted by atomic mass is 10.1. The molecule has 2 aromatic heterocycles. The van der Waals surface area contributed by atoms with Gasteiger partial charge in [0.2, 0.25) is 5.91 Å². The van der Waals surface area contributed by atoms with Crippen LogP contribution in [0.25, 0.3) is 16.6 Å². The van der Waals surface area contributed by atoms with Gasteiger partial charge in [0.15, 0.2) is 5.16 Å². The van der Waals surface area contributed by atoms with Crippen LogP contribution in [-0.2, 0) is 11.3 Å². The maximum absolute atomic E-state index is 13.1. The minimum absolute atomic E-state index is 0.0791. The number of halogens is 1. The smallest absolute Gasteiger partial charge is 0.262 e. The van der Waals surface area contributed by atoms with Crippen molar-refractivity contribution in [2.45, 2.75) is 32.0 Å². The highest BCUT2D eigenvalue weighted by Crippen LogP contribution is 2.25. The van der Waals surface area contributed by atoms with Gasteiger partial charge >= 0.3 is 0 Å². The topological polar surface area (TPSA) is 94.7 Å². The predicted octanol–water partition coefficient (Wildman–Crippen LogP) is 4.41. The molecule has 1 amide bonds. The molecule has 0 atom stereocenters. The molecular weight excluding hydrogens is 460 g/mol. The van der Waals surface area contributed by atoms with Crippen LogP contribution in [0.3, 0.4) is 0 Å². The molecule has 0 radical (unpaired) electrons. The Kier molecular flexibility index (Phi) is 7.10. The molecule has 0 spiro atoms. The molecule has 0 saturated carbocycles. The van der Waals surface area contributed by atoms with Gasteiger partial charge in [0.1, 0.15) is 12.7 Å². The third kappa shape index (κ3) is 5.43. The van der Waals surface area contributed by atoms with Crippen molar-refractivity contribution in [2.75, 3.05) is 11.1 Å². The first kappa shape index (κ1) is 23.0. The number of rotatable bonds is 8. The number of benzene rings is 2. The van der Waals surface area contributed by atoms with Crippen molar-refractivity contribution < 1.29 is 4.79 Å². The third-order valence-corrected chi connectivity index (χ3v) is 6.20. The number of fused-ring (bicyclic) bond motifs is 1. The van der Waals surface area contributed by atoms with Crippen LogP contribution in [-0.4, -0.2) is 36.0 Å². The number of para-hydroxylation sites is 1. The fourth-order valence-electron chi connectivity index (χ4n) is 3.30. The van der Waals surface area contributed by atoms with E-state index in [1.54, 1.807) is 39.8 Å². The molecule has 0 saturated heterocycles. The van der Waals surface area contributed by atoms with Gasteiger partial charge in [0.05, 0.1) is 28.0 Å². The summed E-state index contributed by atoms with van der Waals surface area (Å²) in [6.07, 6.45) is 3.79. The molecule has 0 aliphatic rings. The van der Waals surface area contributed by atoms with Crippen molar-refractivity contribution in [3.05, 3.63) is 70.5 Å². The lowest BCUT2D eigenvalue weighted by Crippen LogP contribution is -2.25. The second kappa shape index (κ2) is 10.2. The molecule has 0 bridgehead atoms. The van der Waals surface area contributed by atoms with Gasteiger partial charge in [-0.3, -0.25) is 14.2 Å². The molecule has 33 heavy (non-hydrogen) atoms. The second-order valence-electron chi connectivity index (χ2n) is 7.89. The van der Waals surface area contributed by atoms with E-state index >= 15 is 0 Å². The summed E-state index contributed by atoms with van der Waals surface area (Å²) >= 11 is 7.37. The Balaban J connectivity index is 1.56. The summed E-state index contributed by atoms with van der Waals surface area (Å²) in [5.74, 6) is 0.263. The number of amides is 1. The lowest BCUT2D eigenvalue weighted by Gasteiger charge is -2.15. The number of anilines is 1. The van der Waals surface area contributed by atoms with Crippen LogP contribution >= 0.6 is 23.4 Å². The van der Waals surface area contributed by atoms with Gasteiger partial charge in [-0.2, -0.15) is 5.10 Å². The summed E-state index contributed by atoms with van der Waals surface area (Å²) in [7, 11) is 0. The second-order valence-corrected chi connectivity index (χ2v) is 9.27. The largest absolute Gasteiger partial charge is 0.323 e. The van der Waals surface area contributed by atoms with Crippen LogP contribution in [0.2, 0.25) is 5.02 Å². The highest BCUT2D eigenvalue weighted by molar-refractivity contribution is 7.99. The number of carbonyl (C=O) groups is 1. The normalized spacial score (nSPS) is 11.3. The number of nitrogens with zero attached hydrogens (tertiary/aromatic N) is 5. The maximum Gasteiger partial charge on any atom is 0.262 e. The van der Waals surface area contributed by atoms with Crippen LogP contribution in [0.5, 0.6) is 0 Å². The molecule has 2 heterocycles. The maximum atomic E-state index is 13.1. The van der Waals surface area contributed by atoms with Crippen molar-refractivity contribution in [3.8, 4) is 5.69 Å². The van der Waals surface area contributed by atoms with E-state index in [9.17, 15) is 9.59 Å². The summed E-state index contributed by atoms with van der Waals surface area (Å²) < 4.78 is 3.22. The lowest BCUT2D eigenvalue weighted by molar-refractivity contribution is -0.113. The van der Waals surface area contributed by atoms with E-state index in [1.165, 1.54) is 18.1 Å². The summed E-state index contributed by atoms with van der Waals surface area (Å²) in [6, 6.07) is 12.4. The van der Waals surface area contributed by atoms with Gasteiger partial charge in [-0.25, -0.2) is 14.6 Å². The average Bonchev–Trinajstić information content (AvgIpc) is 3.32. The fourth-order valence-corrected chi connectivity index (χ4v) is 4.30. The van der Waals surface area contributed by atoms with Gasteiger partial charge in [-0.05, 0) is 42.7 Å². The van der Waals surface area contributed by atoms with Crippen molar-refractivity contribution in [1.82, 2.24) is 24.3 Å². The van der Waals surface area contributed by atoms with Gasteiger partial charge < -0.3 is 5.32 Å². The van der Waals surface area contributed by atoms with Crippen LogP contribution in [0.1, 0.15) is 20.3 Å². The first-order valence-electron chi connectivity index (χ1n) is 10.5. The molecule has 0 fully saturated rings. The molecule has 2 aromatic carbocycles. The van der Waals surface area contributed by atoms with Crippen molar-refractivity contribution in [2.24, 2.45) is 5.92 Å². The van der Waals surface area contributed by atoms with E-state index in [-0.39, 0.29) is 17.2 Å². The third-order valence-electron chi connectivity index (χ3n) is 4.99. The zero-order valence-corrected chi connectivity index (χ0v) is 19.8. The quantitative estimate of drug-likeness (QED) is 0.295. The molecule has 4 rings (SSSR count). The Morgan fingerprint density at radius 1 is 1.21 bits per heavy atom. The Hall–Kier alpha value is -3.17. The monoisotopic (exact) mass is 482 g/mol. The average molecular weight is 483 g/mol. The fraction of sp³-hybridized carbons (Fsp3) is 0.261. The highest BCUT2D eigenvalue weighted by Gasteiger charge is 2.15. The van der Waals surface area contributed by atoms with Crippen LogP contribution in [0.15, 0.2) is 65.1 Å². The number of hydrogen-bond acceptors (Lipinski definition) is 6. The van der Waals surface area contributed by atoms with Gasteiger partial charge in [0.25, 0.3) is 5.56 Å². The highest BCUT2D eigenvalue weighted by atomic mass is 35.5. The van der Waals surface area contributed by atoms with Gasteiger partial charge in [-0.15, -0.1) is 0 Å². The number of carbonyl (C=O) groups excluding carboxylic acids is 1. The van der Waals surface area contributed by atoms with E-state index in [1.807, 2.05) is 18.2 Å². The molecule has 8 nitrogen and oxygen atoms in total. The van der Waals surface area contributed by atoms with E-state index in [4.69, 9.17) is 11.6 Å². The number of aromatic nitrogens is 5. The Morgan fingerprint density at radius 3 is 2.79 bits per heavy atom. The Morgan fingerprint density at radius 2 is 2.03 bits per heavy atom. The van der Waals surface area contributed by atoms with Crippen LogP contribution < -0.4 is 10.9 Å². The minimum atomic E-state index is -0.249. The Labute approximate surface area is 200 Å². The van der Waals surface area contributed by atoms with Gasteiger partial charge in [0, 0.05) is 11.6 Å². The molecule has 0 aliphatic heterocycles. The minimum Gasteiger partial charge on any atom is -0.323 e. The standard InChI is InChI=1S/C23H23ClN6O2S/c1-15(2)9-10-29-22(32)17-5-3-4-6-18(17)28-23(29)33-12-21(31)27-19-11-16(24)7-8-20(19)30-14-25-13-26-30/h3-8,11,13-15H,9-10,12H2,1-2H3,(H,27,31). The molecule has 10 heteroatoms. The molecule has 1 N–H and O–H groups in total. The number of hydrogen-bond donors (Lipinski definition) is 1. The zero-order chi connectivity index (χ0) is 23.4. The summed E-state index contributed by atoms with van der Waals surface area (Å²) in [5, 5.41) is 8.59. The number of thioether (sulfide) groups is 1. The first-order chi connectivity index (χ1) is 15.9. The molecule has 4 aromatic rings. The van der Waals surface area contributed by atoms with Crippen molar-refractivity contribution >= 4 is 45.9 Å². The Bertz CT molecular complexity index is 1340. The predicted molar refractivity (Wildman–Crippen MR) is 131 cm³/mol. The molecule has 170 valence electrons. The molecule has 0 aliphatic carbocycles. The summed E-state index contributed by atoms with van der Waals surface area (Å²) in [5.41, 5.74) is 1.69. The molecule has 0 unspecified atom stereocenters. The van der Waals surface area contributed by atoms with E-state index in [0.717, 1.165) is 6.42 Å².